The van der Waals surface area contributed by atoms with Crippen LogP contribution in [0.5, 0.6) is 5.75 Å². The number of para-hydroxylation sites is 1. The summed E-state index contributed by atoms with van der Waals surface area (Å²) in [5.74, 6) is 1.16. The van der Waals surface area contributed by atoms with Crippen LogP contribution in [-0.2, 0) is 16.1 Å². The highest BCUT2D eigenvalue weighted by Crippen LogP contribution is 2.42. The zero-order valence-electron chi connectivity index (χ0n) is 18.0. The highest BCUT2D eigenvalue weighted by atomic mass is 16.5. The first kappa shape index (κ1) is 20.4. The molecular formula is C24H25N5O3. The zero-order chi connectivity index (χ0) is 22.0. The molecule has 0 saturated carbocycles. The molecule has 0 unspecified atom stereocenters. The molecular weight excluding hydrogens is 406 g/mol. The van der Waals surface area contributed by atoms with Crippen LogP contribution in [0.3, 0.4) is 0 Å². The Balaban J connectivity index is 1.41. The smallest absolute Gasteiger partial charge is 0.307 e. The van der Waals surface area contributed by atoms with Crippen molar-refractivity contribution in [3.8, 4) is 17.1 Å². The third-order valence-electron chi connectivity index (χ3n) is 6.00. The number of esters is 1. The Bertz CT molecular complexity index is 1150. The Labute approximate surface area is 186 Å². The highest BCUT2D eigenvalue weighted by Gasteiger charge is 2.36. The molecule has 2 aromatic carbocycles. The van der Waals surface area contributed by atoms with Gasteiger partial charge in [-0.25, -0.2) is 0 Å². The first-order valence-corrected chi connectivity index (χ1v) is 10.8. The van der Waals surface area contributed by atoms with Crippen LogP contribution in [-0.4, -0.2) is 52.0 Å². The predicted octanol–water partition coefficient (Wildman–Crippen LogP) is 2.85. The van der Waals surface area contributed by atoms with Crippen molar-refractivity contribution >= 4 is 11.5 Å². The minimum Gasteiger partial charge on any atom is -0.482 e. The molecule has 32 heavy (non-hydrogen) atoms. The van der Waals surface area contributed by atoms with E-state index in [2.05, 4.69) is 55.8 Å². The molecule has 3 aromatic rings. The lowest BCUT2D eigenvalue weighted by atomic mass is 9.83. The van der Waals surface area contributed by atoms with E-state index < -0.39 is 0 Å². The van der Waals surface area contributed by atoms with Gasteiger partial charge in [0.25, 0.3) is 0 Å². The number of ether oxygens (including phenoxy) is 2. The topological polar surface area (TPSA) is 91.2 Å². The summed E-state index contributed by atoms with van der Waals surface area (Å²) in [5.41, 5.74) is 4.03. The molecule has 8 heteroatoms. The maximum absolute atomic E-state index is 11.3. The van der Waals surface area contributed by atoms with Crippen molar-refractivity contribution in [2.24, 2.45) is 0 Å². The van der Waals surface area contributed by atoms with Crippen LogP contribution < -0.4 is 10.1 Å². The number of fused-ring (bicyclic) bond motifs is 1. The second-order valence-electron chi connectivity index (χ2n) is 8.08. The van der Waals surface area contributed by atoms with Crippen LogP contribution in [0.2, 0.25) is 0 Å². The van der Waals surface area contributed by atoms with Crippen LogP contribution >= 0.6 is 0 Å². The van der Waals surface area contributed by atoms with Gasteiger partial charge in [0.1, 0.15) is 11.4 Å². The summed E-state index contributed by atoms with van der Waals surface area (Å²) in [4.78, 5) is 12.7. The van der Waals surface area contributed by atoms with Crippen molar-refractivity contribution < 1.29 is 14.3 Å². The number of hydrogen-bond acceptors (Lipinski definition) is 7. The number of methoxy groups -OCH3 is 1. The minimum atomic E-state index is -0.301. The Morgan fingerprint density at radius 1 is 1.12 bits per heavy atom. The fraction of sp³-hybridized carbons (Fsp3) is 0.333. The van der Waals surface area contributed by atoms with Crippen LogP contribution in [0.1, 0.15) is 30.4 Å². The number of piperidine rings is 1. The summed E-state index contributed by atoms with van der Waals surface area (Å²) >= 11 is 0. The number of carbonyl (C=O) groups is 1. The van der Waals surface area contributed by atoms with Gasteiger partial charge in [0.05, 0.1) is 20.1 Å². The number of aryl methyl sites for hydroxylation is 1. The molecule has 0 atom stereocenters. The number of nitrogens with zero attached hydrogens (tertiary/aromatic N) is 4. The predicted molar refractivity (Wildman–Crippen MR) is 119 cm³/mol. The van der Waals surface area contributed by atoms with Gasteiger partial charge in [0, 0.05) is 24.0 Å². The lowest BCUT2D eigenvalue weighted by Gasteiger charge is -2.40. The number of benzene rings is 2. The highest BCUT2D eigenvalue weighted by molar-refractivity contribution is 5.85. The fourth-order valence-corrected chi connectivity index (χ4v) is 4.25. The summed E-state index contributed by atoms with van der Waals surface area (Å²) in [6.45, 7) is 2.22. The van der Waals surface area contributed by atoms with Gasteiger partial charge in [0.15, 0.2) is 0 Å². The third-order valence-corrected chi connectivity index (χ3v) is 6.00. The Morgan fingerprint density at radius 3 is 2.66 bits per heavy atom. The standard InChI is InChI=1S/C24H25N5O3/c1-31-22(30)10-15-29-27-23(26-28-29)18-8-6-17(7-9-18)20-16-24(11-13-25-14-12-24)32-21-5-3-2-4-19(20)21/h2-9,16,25H,10-15H2,1H3. The Hall–Kier alpha value is -3.52. The Kier molecular flexibility index (Phi) is 5.45. The van der Waals surface area contributed by atoms with E-state index in [0.717, 1.165) is 48.4 Å². The maximum atomic E-state index is 11.3. The van der Waals surface area contributed by atoms with E-state index in [1.54, 1.807) is 0 Å². The molecule has 2 aliphatic heterocycles. The van der Waals surface area contributed by atoms with Crippen molar-refractivity contribution in [2.75, 3.05) is 20.2 Å². The first-order chi connectivity index (χ1) is 15.7. The third kappa shape index (κ3) is 4.01. The summed E-state index contributed by atoms with van der Waals surface area (Å²) in [7, 11) is 1.36. The van der Waals surface area contributed by atoms with Gasteiger partial charge in [-0.05, 0) is 41.6 Å². The molecule has 3 heterocycles. The molecule has 164 valence electrons. The molecule has 5 rings (SSSR count). The summed E-state index contributed by atoms with van der Waals surface area (Å²) in [6, 6.07) is 16.4. The van der Waals surface area contributed by atoms with Crippen molar-refractivity contribution in [3.05, 3.63) is 65.7 Å². The molecule has 8 nitrogen and oxygen atoms in total. The molecule has 0 radical (unpaired) electrons. The van der Waals surface area contributed by atoms with Gasteiger partial charge in [0.2, 0.25) is 5.82 Å². The van der Waals surface area contributed by atoms with Gasteiger partial charge in [-0.3, -0.25) is 4.79 Å². The van der Waals surface area contributed by atoms with E-state index in [4.69, 9.17) is 4.74 Å². The molecule has 1 aromatic heterocycles. The van der Waals surface area contributed by atoms with E-state index in [1.165, 1.54) is 17.5 Å². The molecule has 1 N–H and O–H groups in total. The second kappa shape index (κ2) is 8.55. The summed E-state index contributed by atoms with van der Waals surface area (Å²) in [5, 5.41) is 16.0. The second-order valence-corrected chi connectivity index (χ2v) is 8.08. The van der Waals surface area contributed by atoms with E-state index in [-0.39, 0.29) is 18.0 Å². The molecule has 0 amide bonds. The molecule has 2 aliphatic rings. The van der Waals surface area contributed by atoms with Gasteiger partial charge in [-0.2, -0.15) is 4.80 Å². The van der Waals surface area contributed by atoms with Gasteiger partial charge in [-0.15, -0.1) is 10.2 Å². The van der Waals surface area contributed by atoms with Crippen LogP contribution in [0.15, 0.2) is 54.6 Å². The van der Waals surface area contributed by atoms with Crippen LogP contribution in [0, 0.1) is 0 Å². The normalized spacial score (nSPS) is 16.7. The van der Waals surface area contributed by atoms with Crippen molar-refractivity contribution in [3.63, 3.8) is 0 Å². The van der Waals surface area contributed by atoms with Crippen LogP contribution in [0.4, 0.5) is 0 Å². The average Bonchev–Trinajstić information content (AvgIpc) is 3.32. The summed E-state index contributed by atoms with van der Waals surface area (Å²) in [6.07, 6.45) is 4.40. The molecule has 1 saturated heterocycles. The van der Waals surface area contributed by atoms with E-state index in [9.17, 15) is 4.79 Å². The van der Waals surface area contributed by atoms with Gasteiger partial charge < -0.3 is 14.8 Å². The van der Waals surface area contributed by atoms with Gasteiger partial charge >= 0.3 is 5.97 Å². The molecule has 1 fully saturated rings. The number of nitrogens with one attached hydrogen (secondary N) is 1. The number of rotatable bonds is 5. The lowest BCUT2D eigenvalue weighted by Crippen LogP contribution is -2.46. The maximum Gasteiger partial charge on any atom is 0.307 e. The number of carbonyl (C=O) groups excluding carboxylic acids is 1. The zero-order valence-corrected chi connectivity index (χ0v) is 18.0. The van der Waals surface area contributed by atoms with Crippen LogP contribution in [0.25, 0.3) is 17.0 Å². The van der Waals surface area contributed by atoms with Crippen molar-refractivity contribution in [1.29, 1.82) is 0 Å². The Morgan fingerprint density at radius 2 is 1.88 bits per heavy atom. The summed E-state index contributed by atoms with van der Waals surface area (Å²) < 4.78 is 11.1. The average molecular weight is 431 g/mol. The van der Waals surface area contributed by atoms with E-state index >= 15 is 0 Å². The fourth-order valence-electron chi connectivity index (χ4n) is 4.25. The monoisotopic (exact) mass is 431 g/mol. The quantitative estimate of drug-likeness (QED) is 0.621. The number of tetrazole rings is 1. The largest absolute Gasteiger partial charge is 0.482 e. The molecule has 0 aliphatic carbocycles. The first-order valence-electron chi connectivity index (χ1n) is 10.8. The minimum absolute atomic E-state index is 0.206. The van der Waals surface area contributed by atoms with Crippen molar-refractivity contribution in [2.45, 2.75) is 31.4 Å². The SMILES string of the molecule is COC(=O)CCn1nnc(-c2ccc(C3=CC4(CCNCC4)Oc4ccccc43)cc2)n1. The molecule has 1 spiro atoms. The number of hydrogen-bond donors (Lipinski definition) is 1. The van der Waals surface area contributed by atoms with Gasteiger partial charge in [-0.1, -0.05) is 42.5 Å². The molecule has 0 bridgehead atoms. The lowest BCUT2D eigenvalue weighted by molar-refractivity contribution is -0.140. The van der Waals surface area contributed by atoms with Crippen molar-refractivity contribution in [1.82, 2.24) is 25.5 Å². The van der Waals surface area contributed by atoms with E-state index in [0.29, 0.717) is 12.4 Å². The van der Waals surface area contributed by atoms with E-state index in [1.807, 2.05) is 24.3 Å². The number of aromatic nitrogens is 4.